The first-order valence-corrected chi connectivity index (χ1v) is 2.54. The molecule has 1 aromatic carbocycles. The van der Waals surface area contributed by atoms with Crippen LogP contribution in [-0.2, 0) is 5.11 Å². The number of hydrogen-bond acceptors (Lipinski definition) is 3. The Hall–Kier alpha value is -1.58. The molecule has 0 unspecified atom stereocenters. The maximum absolute atomic E-state index is 10.5. The van der Waals surface area contributed by atoms with Crippen LogP contribution in [0.4, 0.5) is 0 Å². The van der Waals surface area contributed by atoms with E-state index in [9.17, 15) is 5.11 Å². The fraction of sp³-hybridized carbons (Fsp3) is 0. The number of phenols is 3. The molecule has 0 aliphatic heterocycles. The van der Waals surface area contributed by atoms with Crippen LogP contribution in [0.15, 0.2) is 12.1 Å². The van der Waals surface area contributed by atoms with Crippen molar-refractivity contribution in [3.8, 4) is 23.0 Å². The highest BCUT2D eigenvalue weighted by Gasteiger charge is 2.10. The predicted octanol–water partition coefficient (Wildman–Crippen LogP) is 0.947. The summed E-state index contributed by atoms with van der Waals surface area (Å²) in [6.45, 7) is 0. The Morgan fingerprint density at radius 3 is 2.00 bits per heavy atom. The lowest BCUT2D eigenvalue weighted by Gasteiger charge is -1.97. The summed E-state index contributed by atoms with van der Waals surface area (Å²) in [4.78, 5) is 0. The van der Waals surface area contributed by atoms with Crippen molar-refractivity contribution in [1.29, 1.82) is 0 Å². The van der Waals surface area contributed by atoms with Crippen LogP contribution in [0.5, 0.6) is 23.0 Å². The van der Waals surface area contributed by atoms with Gasteiger partial charge in [0.1, 0.15) is 0 Å². The van der Waals surface area contributed by atoms with Gasteiger partial charge in [-0.05, 0) is 12.1 Å². The summed E-state index contributed by atoms with van der Waals surface area (Å²) in [7, 11) is 0. The van der Waals surface area contributed by atoms with Gasteiger partial charge in [0.2, 0.25) is 5.75 Å². The minimum Gasteiger partial charge on any atom is -0.504 e. The topological polar surface area (TPSA) is 80.6 Å². The molecule has 0 amide bonds. The van der Waals surface area contributed by atoms with Gasteiger partial charge in [-0.2, -0.15) is 0 Å². The molecule has 0 atom stereocenters. The lowest BCUT2D eigenvalue weighted by molar-refractivity contribution is 0.291. The lowest BCUT2D eigenvalue weighted by Crippen LogP contribution is -1.70. The number of rotatable bonds is 0. The predicted molar refractivity (Wildman–Crippen MR) is 31.6 cm³/mol. The van der Waals surface area contributed by atoms with E-state index in [2.05, 4.69) is 0 Å². The minimum atomic E-state index is -0.958. The largest absolute Gasteiger partial charge is 0.504 e. The third kappa shape index (κ3) is 0.793. The average molecular weight is 141 g/mol. The summed E-state index contributed by atoms with van der Waals surface area (Å²) in [5, 5.41) is 36.5. The van der Waals surface area contributed by atoms with Gasteiger partial charge < -0.3 is 15.3 Å². The monoisotopic (exact) mass is 141 g/mol. The number of benzene rings is 1. The maximum Gasteiger partial charge on any atom is 0.265 e. The van der Waals surface area contributed by atoms with E-state index in [1.807, 2.05) is 0 Å². The second-order valence-electron chi connectivity index (χ2n) is 1.78. The van der Waals surface area contributed by atoms with Gasteiger partial charge in [-0.3, -0.25) is 5.11 Å². The van der Waals surface area contributed by atoms with Gasteiger partial charge in [0, 0.05) is 0 Å². The Kier molecular flexibility index (Phi) is 1.30. The summed E-state index contributed by atoms with van der Waals surface area (Å²) in [5.74, 6) is -2.88. The molecular formula is C6H5O4. The van der Waals surface area contributed by atoms with Crippen molar-refractivity contribution in [3.05, 3.63) is 12.1 Å². The van der Waals surface area contributed by atoms with Crippen LogP contribution < -0.4 is 0 Å². The van der Waals surface area contributed by atoms with Gasteiger partial charge in [0.25, 0.3) is 5.75 Å². The Balaban J connectivity index is 3.34. The molecule has 0 fully saturated rings. The van der Waals surface area contributed by atoms with E-state index in [0.717, 1.165) is 12.1 Å². The quantitative estimate of drug-likeness (QED) is 0.371. The zero-order chi connectivity index (χ0) is 7.72. The normalized spacial score (nSPS) is 9.60. The molecule has 4 nitrogen and oxygen atoms in total. The highest BCUT2D eigenvalue weighted by molar-refractivity contribution is 5.55. The molecule has 10 heavy (non-hydrogen) atoms. The Bertz CT molecular complexity index is 229. The van der Waals surface area contributed by atoms with E-state index < -0.39 is 23.0 Å². The Morgan fingerprint density at radius 2 is 1.50 bits per heavy atom. The van der Waals surface area contributed by atoms with Crippen LogP contribution in [0.3, 0.4) is 0 Å². The van der Waals surface area contributed by atoms with E-state index in [1.54, 1.807) is 0 Å². The first kappa shape index (κ1) is 6.54. The molecule has 0 bridgehead atoms. The Morgan fingerprint density at radius 1 is 1.00 bits per heavy atom. The maximum atomic E-state index is 10.5. The highest BCUT2D eigenvalue weighted by atomic mass is 16.3. The number of phenolic OH excluding ortho intramolecular Hbond substituents is 3. The van der Waals surface area contributed by atoms with Gasteiger partial charge in [-0.25, -0.2) is 0 Å². The van der Waals surface area contributed by atoms with Gasteiger partial charge in [0.05, 0.1) is 0 Å². The molecule has 3 N–H and O–H groups in total. The second kappa shape index (κ2) is 1.98. The Labute approximate surface area is 56.6 Å². The van der Waals surface area contributed by atoms with Crippen molar-refractivity contribution >= 4 is 0 Å². The fourth-order valence-corrected chi connectivity index (χ4v) is 0.550. The minimum absolute atomic E-state index is 0.525. The standard InChI is InChI=1S/C6H5O4/c7-3-1-2-4(8)6(10)5(3)9/h1-2,7-9H. The molecule has 0 aliphatic carbocycles. The molecule has 1 rings (SSSR count). The third-order valence-corrected chi connectivity index (χ3v) is 1.09. The van der Waals surface area contributed by atoms with E-state index >= 15 is 0 Å². The molecular weight excluding hydrogens is 136 g/mol. The smallest absolute Gasteiger partial charge is 0.265 e. The summed E-state index contributed by atoms with van der Waals surface area (Å²) in [5.41, 5.74) is 0. The SMILES string of the molecule is [O]c1c(O)ccc(O)c1O. The fourth-order valence-electron chi connectivity index (χ4n) is 0.550. The van der Waals surface area contributed by atoms with Crippen molar-refractivity contribution in [2.45, 2.75) is 0 Å². The van der Waals surface area contributed by atoms with Crippen molar-refractivity contribution in [2.75, 3.05) is 0 Å². The van der Waals surface area contributed by atoms with Gasteiger partial charge in [0.15, 0.2) is 11.5 Å². The second-order valence-corrected chi connectivity index (χ2v) is 1.78. The number of aromatic hydroxyl groups is 3. The van der Waals surface area contributed by atoms with Gasteiger partial charge in [-0.1, -0.05) is 0 Å². The molecule has 1 aromatic rings. The van der Waals surface area contributed by atoms with Crippen molar-refractivity contribution in [2.24, 2.45) is 0 Å². The molecule has 1 radical (unpaired) electrons. The molecule has 0 aliphatic rings. The van der Waals surface area contributed by atoms with Crippen LogP contribution in [0, 0.1) is 0 Å². The molecule has 0 aromatic heterocycles. The summed E-state index contributed by atoms with van der Waals surface area (Å²) in [6.07, 6.45) is 0. The molecule has 0 heterocycles. The van der Waals surface area contributed by atoms with Crippen LogP contribution >= 0.6 is 0 Å². The molecule has 0 saturated carbocycles. The zero-order valence-electron chi connectivity index (χ0n) is 4.90. The zero-order valence-corrected chi connectivity index (χ0v) is 4.90. The van der Waals surface area contributed by atoms with Crippen LogP contribution in [0.1, 0.15) is 0 Å². The summed E-state index contributed by atoms with van der Waals surface area (Å²) >= 11 is 0. The van der Waals surface area contributed by atoms with E-state index in [0.29, 0.717) is 0 Å². The first-order chi connectivity index (χ1) is 4.63. The first-order valence-electron chi connectivity index (χ1n) is 2.54. The van der Waals surface area contributed by atoms with Crippen molar-refractivity contribution < 1.29 is 20.4 Å². The third-order valence-electron chi connectivity index (χ3n) is 1.09. The highest BCUT2D eigenvalue weighted by Crippen LogP contribution is 2.41. The molecule has 53 valence electrons. The van der Waals surface area contributed by atoms with Crippen molar-refractivity contribution in [1.82, 2.24) is 0 Å². The lowest BCUT2D eigenvalue weighted by atomic mass is 10.3. The van der Waals surface area contributed by atoms with Gasteiger partial charge in [-0.15, -0.1) is 0 Å². The molecule has 4 heteroatoms. The molecule has 0 saturated heterocycles. The summed E-state index contributed by atoms with van der Waals surface area (Å²) in [6, 6.07) is 2.05. The van der Waals surface area contributed by atoms with Gasteiger partial charge >= 0.3 is 0 Å². The average Bonchev–Trinajstić information content (AvgIpc) is 1.93. The van der Waals surface area contributed by atoms with Crippen LogP contribution in [0.2, 0.25) is 0 Å². The van der Waals surface area contributed by atoms with E-state index in [4.69, 9.17) is 15.3 Å². The van der Waals surface area contributed by atoms with Crippen LogP contribution in [0.25, 0.3) is 0 Å². The van der Waals surface area contributed by atoms with Crippen molar-refractivity contribution in [3.63, 3.8) is 0 Å². The molecule has 0 spiro atoms. The van der Waals surface area contributed by atoms with Crippen LogP contribution in [-0.4, -0.2) is 15.3 Å². The van der Waals surface area contributed by atoms with E-state index in [-0.39, 0.29) is 0 Å². The summed E-state index contributed by atoms with van der Waals surface area (Å²) < 4.78 is 0. The van der Waals surface area contributed by atoms with E-state index in [1.165, 1.54) is 0 Å². The number of hydrogen-bond donors (Lipinski definition) is 3.